The standard InChI is InChI=1S/C25H21N3O6/c26-16-17-6-10-19(11-7-17)27-25(31)34-24(18-8-12-20(29)13-9-18)22(14-15-23(30)28-32)33-21-4-2-1-3-5-21/h1-15,22,24,29,32H,(H,27,31)(H,28,30)/b15-14+/t22-,24-/m1/s1. The van der Waals surface area contributed by atoms with Gasteiger partial charge in [-0.3, -0.25) is 15.3 Å². The van der Waals surface area contributed by atoms with Crippen LogP contribution < -0.4 is 15.5 Å². The summed E-state index contributed by atoms with van der Waals surface area (Å²) in [6.07, 6.45) is -0.476. The normalized spacial score (nSPS) is 12.2. The van der Waals surface area contributed by atoms with Crippen molar-refractivity contribution in [3.8, 4) is 17.6 Å². The van der Waals surface area contributed by atoms with Gasteiger partial charge in [-0.1, -0.05) is 30.3 Å². The fraction of sp³-hybridized carbons (Fsp3) is 0.0800. The van der Waals surface area contributed by atoms with Crippen LogP contribution in [-0.4, -0.2) is 28.4 Å². The van der Waals surface area contributed by atoms with Crippen molar-refractivity contribution in [2.24, 2.45) is 0 Å². The van der Waals surface area contributed by atoms with Crippen LogP contribution in [0.25, 0.3) is 0 Å². The number of nitrogens with zero attached hydrogens (tertiary/aromatic N) is 1. The molecule has 0 heterocycles. The number of para-hydroxylation sites is 1. The second-order valence-electron chi connectivity index (χ2n) is 6.96. The molecule has 0 aliphatic carbocycles. The molecule has 0 aliphatic heterocycles. The highest BCUT2D eigenvalue weighted by atomic mass is 16.6. The van der Waals surface area contributed by atoms with Crippen molar-refractivity contribution in [2.45, 2.75) is 12.2 Å². The summed E-state index contributed by atoms with van der Waals surface area (Å²) in [6.45, 7) is 0. The van der Waals surface area contributed by atoms with Crippen molar-refractivity contribution in [1.82, 2.24) is 5.48 Å². The Morgan fingerprint density at radius 2 is 1.65 bits per heavy atom. The summed E-state index contributed by atoms with van der Waals surface area (Å²) < 4.78 is 11.7. The van der Waals surface area contributed by atoms with E-state index in [0.29, 0.717) is 22.6 Å². The van der Waals surface area contributed by atoms with Crippen molar-refractivity contribution in [2.75, 3.05) is 5.32 Å². The molecular weight excluding hydrogens is 438 g/mol. The average molecular weight is 459 g/mol. The van der Waals surface area contributed by atoms with Crippen LogP contribution in [-0.2, 0) is 9.53 Å². The van der Waals surface area contributed by atoms with E-state index in [2.05, 4.69) is 5.32 Å². The summed E-state index contributed by atoms with van der Waals surface area (Å²) in [4.78, 5) is 24.3. The lowest BCUT2D eigenvalue weighted by atomic mass is 10.0. The zero-order valence-electron chi connectivity index (χ0n) is 17.8. The SMILES string of the molecule is N#Cc1ccc(NC(=O)O[C@H](c2ccc(O)cc2)[C@@H](/C=C/C(=O)NO)Oc2ccccc2)cc1. The zero-order chi connectivity index (χ0) is 24.3. The summed E-state index contributed by atoms with van der Waals surface area (Å²) in [5.41, 5.74) is 2.81. The summed E-state index contributed by atoms with van der Waals surface area (Å²) in [7, 11) is 0. The predicted octanol–water partition coefficient (Wildman–Crippen LogP) is 4.06. The van der Waals surface area contributed by atoms with E-state index in [1.165, 1.54) is 23.7 Å². The third kappa shape index (κ3) is 6.85. The van der Waals surface area contributed by atoms with E-state index in [9.17, 15) is 14.7 Å². The molecule has 0 bridgehead atoms. The molecule has 0 fully saturated rings. The molecule has 9 heteroatoms. The number of phenols is 1. The molecule has 0 spiro atoms. The Morgan fingerprint density at radius 1 is 0.971 bits per heavy atom. The van der Waals surface area contributed by atoms with Gasteiger partial charge in [0, 0.05) is 11.8 Å². The first kappa shape index (κ1) is 23.8. The van der Waals surface area contributed by atoms with Gasteiger partial charge in [-0.15, -0.1) is 0 Å². The lowest BCUT2D eigenvalue weighted by Crippen LogP contribution is -2.30. The number of aromatic hydroxyl groups is 1. The van der Waals surface area contributed by atoms with E-state index in [4.69, 9.17) is 19.9 Å². The minimum absolute atomic E-state index is 0.0141. The average Bonchev–Trinajstić information content (AvgIpc) is 2.86. The quantitative estimate of drug-likeness (QED) is 0.226. The number of anilines is 1. The second-order valence-corrected chi connectivity index (χ2v) is 6.96. The van der Waals surface area contributed by atoms with Crippen molar-refractivity contribution < 1.29 is 29.4 Å². The maximum atomic E-state index is 12.7. The summed E-state index contributed by atoms with van der Waals surface area (Å²) in [5, 5.41) is 30.0. The van der Waals surface area contributed by atoms with Gasteiger partial charge in [0.05, 0.1) is 11.6 Å². The first-order chi connectivity index (χ1) is 16.5. The van der Waals surface area contributed by atoms with E-state index >= 15 is 0 Å². The lowest BCUT2D eigenvalue weighted by Gasteiger charge is -2.26. The molecule has 0 unspecified atom stereocenters. The molecule has 0 saturated heterocycles. The van der Waals surface area contributed by atoms with Gasteiger partial charge in [-0.25, -0.2) is 10.3 Å². The van der Waals surface area contributed by atoms with Crippen LogP contribution in [0.5, 0.6) is 11.5 Å². The van der Waals surface area contributed by atoms with Gasteiger partial charge in [0.25, 0.3) is 5.91 Å². The number of amides is 2. The highest BCUT2D eigenvalue weighted by Crippen LogP contribution is 2.28. The van der Waals surface area contributed by atoms with E-state index in [-0.39, 0.29) is 5.75 Å². The van der Waals surface area contributed by atoms with E-state index in [1.807, 2.05) is 6.07 Å². The lowest BCUT2D eigenvalue weighted by molar-refractivity contribution is -0.124. The van der Waals surface area contributed by atoms with Crippen molar-refractivity contribution in [3.05, 3.63) is 102 Å². The van der Waals surface area contributed by atoms with E-state index in [0.717, 1.165) is 6.08 Å². The number of hydrogen-bond donors (Lipinski definition) is 4. The number of nitrogens with one attached hydrogen (secondary N) is 2. The van der Waals surface area contributed by atoms with Crippen LogP contribution in [0.4, 0.5) is 10.5 Å². The van der Waals surface area contributed by atoms with Crippen LogP contribution in [0, 0.1) is 11.3 Å². The Morgan fingerprint density at radius 3 is 2.26 bits per heavy atom. The Hall–Kier alpha value is -4.81. The van der Waals surface area contributed by atoms with Gasteiger partial charge in [0.1, 0.15) is 11.5 Å². The van der Waals surface area contributed by atoms with Gasteiger partial charge in [-0.2, -0.15) is 5.26 Å². The molecule has 172 valence electrons. The Balaban J connectivity index is 1.90. The highest BCUT2D eigenvalue weighted by Gasteiger charge is 2.28. The van der Waals surface area contributed by atoms with Gasteiger partial charge in [0.2, 0.25) is 0 Å². The third-order valence-electron chi connectivity index (χ3n) is 4.58. The molecule has 0 aromatic heterocycles. The van der Waals surface area contributed by atoms with Crippen molar-refractivity contribution in [1.29, 1.82) is 5.26 Å². The largest absolute Gasteiger partial charge is 0.508 e. The first-order valence-corrected chi connectivity index (χ1v) is 10.1. The maximum absolute atomic E-state index is 12.7. The van der Waals surface area contributed by atoms with E-state index < -0.39 is 24.2 Å². The number of nitriles is 1. The fourth-order valence-corrected chi connectivity index (χ4v) is 2.96. The highest BCUT2D eigenvalue weighted by molar-refractivity contribution is 5.86. The van der Waals surface area contributed by atoms with Crippen LogP contribution in [0.3, 0.4) is 0 Å². The molecule has 0 aliphatic rings. The topological polar surface area (TPSA) is 141 Å². The molecule has 4 N–H and O–H groups in total. The van der Waals surface area contributed by atoms with Gasteiger partial charge < -0.3 is 14.6 Å². The van der Waals surface area contributed by atoms with Crippen LogP contribution in [0.2, 0.25) is 0 Å². The minimum atomic E-state index is -1.05. The second kappa shape index (κ2) is 11.7. The Kier molecular flexibility index (Phi) is 8.21. The van der Waals surface area contributed by atoms with Crippen LogP contribution >= 0.6 is 0 Å². The monoisotopic (exact) mass is 459 g/mol. The number of carbonyl (C=O) groups is 2. The smallest absolute Gasteiger partial charge is 0.412 e. The summed E-state index contributed by atoms with van der Waals surface area (Å²) in [6, 6.07) is 22.8. The molecule has 9 nitrogen and oxygen atoms in total. The Labute approximate surface area is 195 Å². The van der Waals surface area contributed by atoms with Crippen molar-refractivity contribution >= 4 is 17.7 Å². The molecule has 3 aromatic rings. The number of hydrogen-bond acceptors (Lipinski definition) is 7. The minimum Gasteiger partial charge on any atom is -0.508 e. The summed E-state index contributed by atoms with van der Waals surface area (Å²) >= 11 is 0. The third-order valence-corrected chi connectivity index (χ3v) is 4.58. The molecule has 3 aromatic carbocycles. The Bertz CT molecular complexity index is 1170. The molecule has 2 amide bonds. The number of carbonyl (C=O) groups excluding carboxylic acids is 2. The maximum Gasteiger partial charge on any atom is 0.412 e. The van der Waals surface area contributed by atoms with Gasteiger partial charge in [-0.05, 0) is 60.2 Å². The van der Waals surface area contributed by atoms with Crippen LogP contribution in [0.15, 0.2) is 91.0 Å². The van der Waals surface area contributed by atoms with Crippen LogP contribution in [0.1, 0.15) is 17.2 Å². The molecule has 3 rings (SSSR count). The molecule has 34 heavy (non-hydrogen) atoms. The fourth-order valence-electron chi connectivity index (χ4n) is 2.96. The van der Waals surface area contributed by atoms with Gasteiger partial charge >= 0.3 is 6.09 Å². The number of phenolic OH excluding ortho intramolecular Hbond substituents is 1. The number of benzene rings is 3. The molecule has 0 saturated carbocycles. The summed E-state index contributed by atoms with van der Waals surface area (Å²) in [5.74, 6) is -0.338. The zero-order valence-corrected chi connectivity index (χ0v) is 17.8. The van der Waals surface area contributed by atoms with Gasteiger partial charge in [0.15, 0.2) is 12.2 Å². The van der Waals surface area contributed by atoms with E-state index in [1.54, 1.807) is 66.7 Å². The number of ether oxygens (including phenoxy) is 2. The molecule has 2 atom stereocenters. The molecule has 0 radical (unpaired) electrons. The van der Waals surface area contributed by atoms with Crippen molar-refractivity contribution in [3.63, 3.8) is 0 Å². The first-order valence-electron chi connectivity index (χ1n) is 10.1. The predicted molar refractivity (Wildman–Crippen MR) is 122 cm³/mol. The number of rotatable bonds is 8. The number of hydroxylamine groups is 1. The molecular formula is C25H21N3O6.